The highest BCUT2D eigenvalue weighted by molar-refractivity contribution is 7.99. The van der Waals surface area contributed by atoms with Gasteiger partial charge in [-0.25, -0.2) is 0 Å². The molecule has 3 heteroatoms. The normalized spacial score (nSPS) is 15.3. The Hall–Kier alpha value is -0.670. The van der Waals surface area contributed by atoms with Gasteiger partial charge in [0.2, 0.25) is 0 Å². The molecule has 0 heterocycles. The zero-order valence-electron chi connectivity index (χ0n) is 9.53. The van der Waals surface area contributed by atoms with Gasteiger partial charge in [-0.05, 0) is 31.0 Å². The summed E-state index contributed by atoms with van der Waals surface area (Å²) in [6.45, 7) is 5.93. The summed E-state index contributed by atoms with van der Waals surface area (Å²) in [5.74, 6) is 0.944. The third-order valence-corrected chi connectivity index (χ3v) is 3.95. The second-order valence-corrected chi connectivity index (χ2v) is 5.42. The maximum atomic E-state index is 10.1. The molecule has 0 radical (unpaired) electrons. The minimum Gasteiger partial charge on any atom is -0.399 e. The van der Waals surface area contributed by atoms with E-state index in [-0.39, 0.29) is 5.92 Å². The van der Waals surface area contributed by atoms with Gasteiger partial charge in [0.15, 0.2) is 0 Å². The van der Waals surface area contributed by atoms with Gasteiger partial charge in [0.25, 0.3) is 0 Å². The molecule has 0 amide bonds. The lowest BCUT2D eigenvalue weighted by atomic mass is 9.95. The van der Waals surface area contributed by atoms with Crippen molar-refractivity contribution >= 4 is 17.4 Å². The van der Waals surface area contributed by atoms with Crippen LogP contribution in [0.3, 0.4) is 0 Å². The lowest BCUT2D eigenvalue weighted by Gasteiger charge is -2.27. The van der Waals surface area contributed by atoms with Crippen LogP contribution in [0.1, 0.15) is 20.8 Å². The van der Waals surface area contributed by atoms with E-state index in [9.17, 15) is 5.11 Å². The summed E-state index contributed by atoms with van der Waals surface area (Å²) in [7, 11) is 0. The lowest BCUT2D eigenvalue weighted by Crippen LogP contribution is -2.33. The minimum absolute atomic E-state index is 0.256. The van der Waals surface area contributed by atoms with E-state index < -0.39 is 5.60 Å². The Labute approximate surface area is 95.9 Å². The van der Waals surface area contributed by atoms with Crippen LogP contribution in [0.2, 0.25) is 0 Å². The van der Waals surface area contributed by atoms with Crippen LogP contribution in [0.5, 0.6) is 0 Å². The molecule has 0 saturated carbocycles. The van der Waals surface area contributed by atoms with Crippen molar-refractivity contribution in [1.82, 2.24) is 0 Å². The number of hydrogen-bond donors (Lipinski definition) is 2. The number of anilines is 1. The molecule has 0 aliphatic carbocycles. The summed E-state index contributed by atoms with van der Waals surface area (Å²) in [5.41, 5.74) is 5.82. The van der Waals surface area contributed by atoms with Gasteiger partial charge in [-0.1, -0.05) is 19.9 Å². The lowest BCUT2D eigenvalue weighted by molar-refractivity contribution is 0.0376. The number of aliphatic hydroxyl groups is 1. The van der Waals surface area contributed by atoms with Crippen molar-refractivity contribution in [1.29, 1.82) is 0 Å². The van der Waals surface area contributed by atoms with E-state index in [4.69, 9.17) is 5.73 Å². The van der Waals surface area contributed by atoms with Gasteiger partial charge in [0.1, 0.15) is 0 Å². The van der Waals surface area contributed by atoms with Crippen LogP contribution in [0.15, 0.2) is 29.2 Å². The van der Waals surface area contributed by atoms with Crippen molar-refractivity contribution in [3.63, 3.8) is 0 Å². The molecule has 1 aromatic carbocycles. The predicted molar refractivity (Wildman–Crippen MR) is 67.0 cm³/mol. The Morgan fingerprint density at radius 3 is 2.67 bits per heavy atom. The van der Waals surface area contributed by atoms with E-state index in [1.807, 2.05) is 45.0 Å². The first-order valence-corrected chi connectivity index (χ1v) is 6.11. The first-order chi connectivity index (χ1) is 6.92. The Morgan fingerprint density at radius 2 is 2.13 bits per heavy atom. The van der Waals surface area contributed by atoms with E-state index >= 15 is 0 Å². The molecule has 0 aliphatic heterocycles. The summed E-state index contributed by atoms with van der Waals surface area (Å²) >= 11 is 1.64. The monoisotopic (exact) mass is 225 g/mol. The Morgan fingerprint density at radius 1 is 1.47 bits per heavy atom. The van der Waals surface area contributed by atoms with E-state index in [1.54, 1.807) is 11.8 Å². The number of nitrogen functional groups attached to an aromatic ring is 1. The van der Waals surface area contributed by atoms with Crippen LogP contribution in [-0.4, -0.2) is 16.5 Å². The third kappa shape index (κ3) is 3.76. The predicted octanol–water partition coefficient (Wildman–Crippen LogP) is 2.77. The fourth-order valence-corrected chi connectivity index (χ4v) is 2.19. The molecule has 0 spiro atoms. The van der Waals surface area contributed by atoms with Gasteiger partial charge in [-0.15, -0.1) is 11.8 Å². The highest BCUT2D eigenvalue weighted by Gasteiger charge is 2.24. The van der Waals surface area contributed by atoms with E-state index in [2.05, 4.69) is 0 Å². The molecule has 1 rings (SSSR count). The maximum Gasteiger partial charge on any atom is 0.0736 e. The summed E-state index contributed by atoms with van der Waals surface area (Å²) in [5, 5.41) is 10.1. The van der Waals surface area contributed by atoms with E-state index in [1.165, 1.54) is 0 Å². The molecule has 0 saturated heterocycles. The highest BCUT2D eigenvalue weighted by Crippen LogP contribution is 2.27. The molecule has 84 valence electrons. The van der Waals surface area contributed by atoms with Crippen LogP contribution in [-0.2, 0) is 0 Å². The molecular formula is C12H19NOS. The average molecular weight is 225 g/mol. The van der Waals surface area contributed by atoms with Crippen LogP contribution >= 0.6 is 11.8 Å². The standard InChI is InChI=1S/C12H19NOS/c1-9(2)12(3,14)8-15-11-6-4-5-10(13)7-11/h4-7,9,14H,8,13H2,1-3H3. The molecule has 2 nitrogen and oxygen atoms in total. The molecule has 1 unspecified atom stereocenters. The molecule has 3 N–H and O–H groups in total. The third-order valence-electron chi connectivity index (χ3n) is 2.63. The first-order valence-electron chi connectivity index (χ1n) is 5.12. The van der Waals surface area contributed by atoms with Gasteiger partial charge >= 0.3 is 0 Å². The van der Waals surface area contributed by atoms with Crippen molar-refractivity contribution in [2.75, 3.05) is 11.5 Å². The summed E-state index contributed by atoms with van der Waals surface area (Å²) < 4.78 is 0. The van der Waals surface area contributed by atoms with Gasteiger partial charge in [0, 0.05) is 16.3 Å². The van der Waals surface area contributed by atoms with Gasteiger partial charge in [-0.3, -0.25) is 0 Å². The minimum atomic E-state index is -0.630. The molecule has 0 bridgehead atoms. The second kappa shape index (κ2) is 4.90. The molecule has 0 aliphatic rings. The second-order valence-electron chi connectivity index (χ2n) is 4.37. The summed E-state index contributed by atoms with van der Waals surface area (Å²) in [6, 6.07) is 7.74. The highest BCUT2D eigenvalue weighted by atomic mass is 32.2. The molecule has 15 heavy (non-hydrogen) atoms. The number of nitrogens with two attached hydrogens (primary N) is 1. The number of hydrogen-bond acceptors (Lipinski definition) is 3. The van der Waals surface area contributed by atoms with Crippen LogP contribution < -0.4 is 5.73 Å². The first kappa shape index (κ1) is 12.4. The zero-order valence-corrected chi connectivity index (χ0v) is 10.3. The Balaban J connectivity index is 2.57. The number of benzene rings is 1. The van der Waals surface area contributed by atoms with Gasteiger partial charge < -0.3 is 10.8 Å². The molecule has 1 atom stereocenters. The molecule has 1 aromatic rings. The topological polar surface area (TPSA) is 46.2 Å². The zero-order chi connectivity index (χ0) is 11.5. The van der Waals surface area contributed by atoms with Crippen LogP contribution in [0, 0.1) is 5.92 Å². The molecule has 0 fully saturated rings. The van der Waals surface area contributed by atoms with Gasteiger partial charge in [-0.2, -0.15) is 0 Å². The van der Waals surface area contributed by atoms with Gasteiger partial charge in [0.05, 0.1) is 5.60 Å². The fraction of sp³-hybridized carbons (Fsp3) is 0.500. The fourth-order valence-electron chi connectivity index (χ4n) is 1.00. The average Bonchev–Trinajstić information content (AvgIpc) is 2.15. The van der Waals surface area contributed by atoms with Crippen molar-refractivity contribution in [3.05, 3.63) is 24.3 Å². The Bertz CT molecular complexity index is 323. The maximum absolute atomic E-state index is 10.1. The summed E-state index contributed by atoms with van der Waals surface area (Å²) in [4.78, 5) is 1.11. The van der Waals surface area contributed by atoms with Crippen LogP contribution in [0.25, 0.3) is 0 Å². The van der Waals surface area contributed by atoms with Crippen molar-refractivity contribution in [2.24, 2.45) is 5.92 Å². The van der Waals surface area contributed by atoms with Crippen LogP contribution in [0.4, 0.5) is 5.69 Å². The number of thioether (sulfide) groups is 1. The van der Waals surface area contributed by atoms with Crippen molar-refractivity contribution in [3.8, 4) is 0 Å². The SMILES string of the molecule is CC(C)C(C)(O)CSc1cccc(N)c1. The Kier molecular flexibility index (Phi) is 4.05. The number of rotatable bonds is 4. The smallest absolute Gasteiger partial charge is 0.0736 e. The molecule has 0 aromatic heterocycles. The quantitative estimate of drug-likeness (QED) is 0.612. The largest absolute Gasteiger partial charge is 0.399 e. The molecular weight excluding hydrogens is 206 g/mol. The van der Waals surface area contributed by atoms with Crippen molar-refractivity contribution in [2.45, 2.75) is 31.3 Å². The van der Waals surface area contributed by atoms with E-state index in [0.29, 0.717) is 5.75 Å². The summed E-state index contributed by atoms with van der Waals surface area (Å²) in [6.07, 6.45) is 0. The van der Waals surface area contributed by atoms with E-state index in [0.717, 1.165) is 10.6 Å². The van der Waals surface area contributed by atoms with Crippen molar-refractivity contribution < 1.29 is 5.11 Å².